The van der Waals surface area contributed by atoms with Crippen LogP contribution in [0.2, 0.25) is 5.02 Å². The van der Waals surface area contributed by atoms with Gasteiger partial charge in [-0.1, -0.05) is 18.0 Å². The Morgan fingerprint density at radius 1 is 1.44 bits per heavy atom. The van der Waals surface area contributed by atoms with Gasteiger partial charge in [-0.15, -0.1) is 11.8 Å². The predicted octanol–water partition coefficient (Wildman–Crippen LogP) is 3.76. The van der Waals surface area contributed by atoms with E-state index < -0.39 is 0 Å². The monoisotopic (exact) mass is 285 g/mol. The topological polar surface area (TPSA) is 21.3 Å². The van der Waals surface area contributed by atoms with Crippen molar-refractivity contribution >= 4 is 23.4 Å². The van der Waals surface area contributed by atoms with Gasteiger partial charge in [0.15, 0.2) is 5.75 Å². The molecule has 2 nitrogen and oxygen atoms in total. The Labute approximate surface area is 118 Å². The summed E-state index contributed by atoms with van der Waals surface area (Å²) in [7, 11) is 1.67. The predicted molar refractivity (Wildman–Crippen MR) is 79.1 cm³/mol. The van der Waals surface area contributed by atoms with Crippen LogP contribution in [0, 0.1) is 0 Å². The summed E-state index contributed by atoms with van der Waals surface area (Å²) in [4.78, 5) is 1.12. The third-order valence-corrected chi connectivity index (χ3v) is 4.41. The van der Waals surface area contributed by atoms with Gasteiger partial charge in [0.1, 0.15) is 0 Å². The number of benzene rings is 1. The van der Waals surface area contributed by atoms with Crippen molar-refractivity contribution in [2.45, 2.75) is 36.6 Å². The van der Waals surface area contributed by atoms with Crippen molar-refractivity contribution in [1.29, 1.82) is 0 Å². The first kappa shape index (κ1) is 14.0. The fourth-order valence-electron chi connectivity index (χ4n) is 2.47. The van der Waals surface area contributed by atoms with Gasteiger partial charge in [0.25, 0.3) is 0 Å². The van der Waals surface area contributed by atoms with Crippen LogP contribution in [0.3, 0.4) is 0 Å². The average molecular weight is 286 g/mol. The maximum Gasteiger partial charge on any atom is 0.150 e. The van der Waals surface area contributed by atoms with Crippen molar-refractivity contribution in [3.63, 3.8) is 0 Å². The summed E-state index contributed by atoms with van der Waals surface area (Å²) in [6.45, 7) is 1.14. The van der Waals surface area contributed by atoms with Gasteiger partial charge in [-0.25, -0.2) is 0 Å². The van der Waals surface area contributed by atoms with Crippen LogP contribution >= 0.6 is 23.4 Å². The van der Waals surface area contributed by atoms with E-state index in [2.05, 4.69) is 17.6 Å². The molecular formula is C14H20ClNOS. The number of hydrogen-bond donors (Lipinski definition) is 1. The zero-order chi connectivity index (χ0) is 13.0. The third-order valence-electron chi connectivity index (χ3n) is 3.39. The van der Waals surface area contributed by atoms with E-state index in [1.165, 1.54) is 24.8 Å². The van der Waals surface area contributed by atoms with Crippen LogP contribution in [0.4, 0.5) is 0 Å². The minimum Gasteiger partial charge on any atom is -0.494 e. The number of rotatable bonds is 4. The number of nitrogens with one attached hydrogen (secondary N) is 1. The SMILES string of the molecule is COc1c(Cl)cc(CC2CCCCN2)cc1SC. The molecule has 1 aromatic rings. The molecule has 0 amide bonds. The highest BCUT2D eigenvalue weighted by Gasteiger charge is 2.15. The molecule has 18 heavy (non-hydrogen) atoms. The molecule has 2 rings (SSSR count). The quantitative estimate of drug-likeness (QED) is 0.851. The van der Waals surface area contributed by atoms with Gasteiger partial charge in [-0.05, 0) is 49.8 Å². The Morgan fingerprint density at radius 2 is 2.28 bits per heavy atom. The van der Waals surface area contributed by atoms with Crippen molar-refractivity contribution in [1.82, 2.24) is 5.32 Å². The van der Waals surface area contributed by atoms with E-state index >= 15 is 0 Å². The number of methoxy groups -OCH3 is 1. The zero-order valence-corrected chi connectivity index (χ0v) is 12.5. The Kier molecular flexibility index (Phi) is 5.22. The molecule has 1 aliphatic heterocycles. The lowest BCUT2D eigenvalue weighted by molar-refractivity contribution is 0.396. The summed E-state index contributed by atoms with van der Waals surface area (Å²) in [5.41, 5.74) is 1.30. The molecule has 0 aliphatic carbocycles. The molecule has 100 valence electrons. The van der Waals surface area contributed by atoms with E-state index in [4.69, 9.17) is 16.3 Å². The minimum atomic E-state index is 0.595. The molecule has 1 N–H and O–H groups in total. The van der Waals surface area contributed by atoms with E-state index in [0.29, 0.717) is 6.04 Å². The lowest BCUT2D eigenvalue weighted by Crippen LogP contribution is -2.35. The van der Waals surface area contributed by atoms with E-state index in [-0.39, 0.29) is 0 Å². The van der Waals surface area contributed by atoms with Gasteiger partial charge in [-0.3, -0.25) is 0 Å². The molecule has 1 atom stereocenters. The molecular weight excluding hydrogens is 266 g/mol. The second kappa shape index (κ2) is 6.69. The molecule has 0 spiro atoms. The average Bonchev–Trinajstić information content (AvgIpc) is 2.39. The molecule has 0 saturated carbocycles. The van der Waals surface area contributed by atoms with Crippen LogP contribution in [0.25, 0.3) is 0 Å². The summed E-state index contributed by atoms with van der Waals surface area (Å²) >= 11 is 7.95. The Hall–Kier alpha value is -0.380. The standard InChI is InChI=1S/C14H20ClNOS/c1-17-14-12(15)8-10(9-13(14)18-2)7-11-5-3-4-6-16-11/h8-9,11,16H,3-7H2,1-2H3. The molecule has 0 aromatic heterocycles. The molecule has 1 saturated heterocycles. The fourth-order valence-corrected chi connectivity index (χ4v) is 3.49. The first-order valence-corrected chi connectivity index (χ1v) is 7.98. The largest absolute Gasteiger partial charge is 0.494 e. The highest BCUT2D eigenvalue weighted by molar-refractivity contribution is 7.98. The van der Waals surface area contributed by atoms with Crippen LogP contribution in [0.5, 0.6) is 5.75 Å². The Balaban J connectivity index is 2.15. The smallest absolute Gasteiger partial charge is 0.150 e. The van der Waals surface area contributed by atoms with Crippen LogP contribution in [-0.2, 0) is 6.42 Å². The maximum atomic E-state index is 6.27. The van der Waals surface area contributed by atoms with Gasteiger partial charge in [-0.2, -0.15) is 0 Å². The summed E-state index contributed by atoms with van der Waals surface area (Å²) in [6, 6.07) is 4.83. The molecule has 0 bridgehead atoms. The minimum absolute atomic E-state index is 0.595. The molecule has 1 aliphatic rings. The number of piperidine rings is 1. The number of ether oxygens (including phenoxy) is 1. The third kappa shape index (κ3) is 3.34. The summed E-state index contributed by atoms with van der Waals surface area (Å²) in [5, 5.41) is 4.29. The van der Waals surface area contributed by atoms with E-state index in [0.717, 1.165) is 28.6 Å². The first-order chi connectivity index (χ1) is 8.74. The molecule has 0 radical (unpaired) electrons. The van der Waals surface area contributed by atoms with Gasteiger partial charge in [0, 0.05) is 6.04 Å². The fraction of sp³-hybridized carbons (Fsp3) is 0.571. The van der Waals surface area contributed by atoms with E-state index in [1.807, 2.05) is 6.07 Å². The van der Waals surface area contributed by atoms with Gasteiger partial charge >= 0.3 is 0 Å². The first-order valence-electron chi connectivity index (χ1n) is 6.38. The van der Waals surface area contributed by atoms with E-state index in [1.54, 1.807) is 18.9 Å². The zero-order valence-electron chi connectivity index (χ0n) is 11.0. The molecule has 4 heteroatoms. The van der Waals surface area contributed by atoms with Crippen molar-refractivity contribution in [2.24, 2.45) is 0 Å². The van der Waals surface area contributed by atoms with Crippen molar-refractivity contribution in [2.75, 3.05) is 19.9 Å². The Morgan fingerprint density at radius 3 is 2.89 bits per heavy atom. The van der Waals surface area contributed by atoms with Crippen LogP contribution in [0.15, 0.2) is 17.0 Å². The summed E-state index contributed by atoms with van der Waals surface area (Å²) in [6.07, 6.45) is 7.00. The molecule has 1 fully saturated rings. The van der Waals surface area contributed by atoms with Gasteiger partial charge in [0.05, 0.1) is 17.0 Å². The summed E-state index contributed by atoms with van der Waals surface area (Å²) in [5.74, 6) is 0.796. The highest BCUT2D eigenvalue weighted by Crippen LogP contribution is 2.36. The lowest BCUT2D eigenvalue weighted by atomic mass is 9.98. The van der Waals surface area contributed by atoms with E-state index in [9.17, 15) is 0 Å². The van der Waals surface area contributed by atoms with Crippen LogP contribution in [0.1, 0.15) is 24.8 Å². The number of thioether (sulfide) groups is 1. The highest BCUT2D eigenvalue weighted by atomic mass is 35.5. The molecule has 1 aromatic carbocycles. The van der Waals surface area contributed by atoms with Crippen LogP contribution in [-0.4, -0.2) is 26.0 Å². The van der Waals surface area contributed by atoms with Crippen LogP contribution < -0.4 is 10.1 Å². The second-order valence-corrected chi connectivity index (χ2v) is 5.92. The second-order valence-electron chi connectivity index (χ2n) is 4.66. The maximum absolute atomic E-state index is 6.27. The van der Waals surface area contributed by atoms with Crippen molar-refractivity contribution in [3.8, 4) is 5.75 Å². The molecule has 1 heterocycles. The van der Waals surface area contributed by atoms with Gasteiger partial charge in [0.2, 0.25) is 0 Å². The van der Waals surface area contributed by atoms with Crippen molar-refractivity contribution in [3.05, 3.63) is 22.7 Å². The summed E-state index contributed by atoms with van der Waals surface area (Å²) < 4.78 is 5.34. The number of halogens is 1. The van der Waals surface area contributed by atoms with Crippen molar-refractivity contribution < 1.29 is 4.74 Å². The number of hydrogen-bond acceptors (Lipinski definition) is 3. The molecule has 1 unspecified atom stereocenters. The normalized spacial score (nSPS) is 19.8. The Bertz CT molecular complexity index is 405. The lowest BCUT2D eigenvalue weighted by Gasteiger charge is -2.24. The van der Waals surface area contributed by atoms with Gasteiger partial charge < -0.3 is 10.1 Å².